The molecule has 2 aromatic heterocycles. The van der Waals surface area contributed by atoms with Gasteiger partial charge in [-0.3, -0.25) is 9.48 Å². The fourth-order valence-electron chi connectivity index (χ4n) is 5.07. The van der Waals surface area contributed by atoms with Gasteiger partial charge in [0, 0.05) is 62.5 Å². The van der Waals surface area contributed by atoms with Gasteiger partial charge in [-0.2, -0.15) is 14.7 Å². The van der Waals surface area contributed by atoms with Crippen molar-refractivity contribution in [2.45, 2.75) is 37.8 Å². The predicted octanol–water partition coefficient (Wildman–Crippen LogP) is 2.61. The van der Waals surface area contributed by atoms with Gasteiger partial charge in [0.1, 0.15) is 5.54 Å². The maximum absolute atomic E-state index is 12.9. The Kier molecular flexibility index (Phi) is 7.84. The Morgan fingerprint density at radius 2 is 1.93 bits per heavy atom. The highest BCUT2D eigenvalue weighted by Crippen LogP contribution is 2.35. The zero-order valence-electron chi connectivity index (χ0n) is 22.5. The average Bonchev–Trinajstić information content (AvgIpc) is 3.46. The second-order valence-corrected chi connectivity index (χ2v) is 12.4. The largest absolute Gasteiger partial charge is 0.381 e. The SMILES string of the molecule is CCS(=O)(=O)N1CC(CC#N)(n2cc(-c3ccnc(Nc4ccc(C(=O)N5CCC(OC)CC5)cc4)n3)cn2)C1. The molecule has 0 radical (unpaired) electrons. The van der Waals surface area contributed by atoms with Crippen LogP contribution in [0.2, 0.25) is 0 Å². The number of sulfonamides is 1. The number of rotatable bonds is 9. The quantitative estimate of drug-likeness (QED) is 0.414. The predicted molar refractivity (Wildman–Crippen MR) is 148 cm³/mol. The highest BCUT2D eigenvalue weighted by Gasteiger charge is 2.49. The van der Waals surface area contributed by atoms with E-state index in [1.54, 1.807) is 55.5 Å². The number of nitrogens with one attached hydrogen (secondary N) is 1. The summed E-state index contributed by atoms with van der Waals surface area (Å²) in [6.07, 6.45) is 7.11. The lowest BCUT2D eigenvalue weighted by Crippen LogP contribution is -2.64. The number of nitrogens with zero attached hydrogens (tertiary/aromatic N) is 7. The summed E-state index contributed by atoms with van der Waals surface area (Å²) in [7, 11) is -1.62. The number of hydrogen-bond acceptors (Lipinski definition) is 9. The van der Waals surface area contributed by atoms with Gasteiger partial charge in [-0.15, -0.1) is 0 Å². The highest BCUT2D eigenvalue weighted by atomic mass is 32.2. The number of likely N-dealkylation sites (tertiary alicyclic amines) is 1. The minimum atomic E-state index is -3.33. The average molecular weight is 565 g/mol. The van der Waals surface area contributed by atoms with E-state index in [0.717, 1.165) is 24.1 Å². The Bertz CT molecular complexity index is 1500. The molecule has 4 heterocycles. The summed E-state index contributed by atoms with van der Waals surface area (Å²) in [6.45, 7) is 3.38. The molecule has 2 fully saturated rings. The van der Waals surface area contributed by atoms with Gasteiger partial charge in [-0.25, -0.2) is 18.4 Å². The lowest BCUT2D eigenvalue weighted by Gasteiger charge is -2.47. The minimum Gasteiger partial charge on any atom is -0.381 e. The van der Waals surface area contributed by atoms with Crippen molar-refractivity contribution in [1.29, 1.82) is 5.26 Å². The number of ether oxygens (including phenoxy) is 1. The topological polar surface area (TPSA) is 146 Å². The molecule has 40 heavy (non-hydrogen) atoms. The van der Waals surface area contributed by atoms with E-state index in [1.807, 2.05) is 17.0 Å². The monoisotopic (exact) mass is 564 g/mol. The number of aromatic nitrogens is 4. The molecule has 1 amide bonds. The Morgan fingerprint density at radius 1 is 1.20 bits per heavy atom. The number of amides is 1. The summed E-state index contributed by atoms with van der Waals surface area (Å²) < 4.78 is 32.9. The Labute approximate surface area is 233 Å². The first-order valence-electron chi connectivity index (χ1n) is 13.2. The van der Waals surface area contributed by atoms with E-state index in [2.05, 4.69) is 26.5 Å². The van der Waals surface area contributed by atoms with E-state index >= 15 is 0 Å². The Morgan fingerprint density at radius 3 is 2.58 bits per heavy atom. The molecule has 5 rings (SSSR count). The van der Waals surface area contributed by atoms with Crippen molar-refractivity contribution in [3.8, 4) is 17.3 Å². The van der Waals surface area contributed by atoms with Crippen LogP contribution in [-0.2, 0) is 20.3 Å². The minimum absolute atomic E-state index is 0.00686. The van der Waals surface area contributed by atoms with Crippen LogP contribution in [0.25, 0.3) is 11.3 Å². The van der Waals surface area contributed by atoms with E-state index in [9.17, 15) is 18.5 Å². The van der Waals surface area contributed by atoms with Crippen molar-refractivity contribution in [1.82, 2.24) is 29.0 Å². The maximum atomic E-state index is 12.9. The lowest BCUT2D eigenvalue weighted by atomic mass is 9.89. The number of carbonyl (C=O) groups excluding carboxylic acids is 1. The fourth-order valence-corrected chi connectivity index (χ4v) is 6.31. The first-order chi connectivity index (χ1) is 19.3. The first kappa shape index (κ1) is 27.7. The van der Waals surface area contributed by atoms with Gasteiger partial charge in [-0.1, -0.05) is 0 Å². The molecule has 0 unspecified atom stereocenters. The van der Waals surface area contributed by atoms with Crippen LogP contribution in [0.4, 0.5) is 11.6 Å². The second-order valence-electron chi connectivity index (χ2n) is 10.1. The summed E-state index contributed by atoms with van der Waals surface area (Å²) >= 11 is 0. The molecule has 0 saturated carbocycles. The number of anilines is 2. The molecule has 0 spiro atoms. The van der Waals surface area contributed by atoms with Crippen molar-refractivity contribution < 1.29 is 17.9 Å². The summed E-state index contributed by atoms with van der Waals surface area (Å²) in [5.41, 5.74) is 2.00. The number of nitriles is 1. The number of methoxy groups -OCH3 is 1. The zero-order chi connectivity index (χ0) is 28.3. The van der Waals surface area contributed by atoms with Crippen LogP contribution in [-0.4, -0.2) is 88.4 Å². The Balaban J connectivity index is 1.25. The molecular weight excluding hydrogens is 532 g/mol. The zero-order valence-corrected chi connectivity index (χ0v) is 23.3. The maximum Gasteiger partial charge on any atom is 0.253 e. The van der Waals surface area contributed by atoms with Gasteiger partial charge in [0.15, 0.2) is 0 Å². The molecule has 0 aliphatic carbocycles. The van der Waals surface area contributed by atoms with Gasteiger partial charge < -0.3 is 15.0 Å². The van der Waals surface area contributed by atoms with E-state index in [1.165, 1.54) is 4.31 Å². The van der Waals surface area contributed by atoms with Gasteiger partial charge in [0.05, 0.1) is 36.2 Å². The van der Waals surface area contributed by atoms with E-state index in [-0.39, 0.29) is 37.3 Å². The summed E-state index contributed by atoms with van der Waals surface area (Å²) in [6, 6.07) is 11.1. The van der Waals surface area contributed by atoms with Crippen molar-refractivity contribution in [2.24, 2.45) is 0 Å². The molecule has 13 heteroatoms. The third-order valence-corrected chi connectivity index (χ3v) is 9.35. The molecule has 0 atom stereocenters. The standard InChI is InChI=1S/C27H32N8O4S/c1-3-40(37,38)34-18-27(19-34,11-12-28)35-17-21(16-30-35)24-8-13-29-26(32-24)31-22-6-4-20(5-7-22)25(36)33-14-9-23(39-2)10-15-33/h4-8,13,16-17,23H,3,9-11,14-15,18-19H2,1-2H3,(H,29,31,32). The number of carbonyl (C=O) groups is 1. The van der Waals surface area contributed by atoms with Crippen LogP contribution in [0.5, 0.6) is 0 Å². The molecule has 12 nitrogen and oxygen atoms in total. The van der Waals surface area contributed by atoms with Crippen molar-refractivity contribution >= 4 is 27.6 Å². The normalized spacial score (nSPS) is 17.7. The van der Waals surface area contributed by atoms with E-state index < -0.39 is 15.6 Å². The third kappa shape index (κ3) is 5.56. The van der Waals surface area contributed by atoms with Crippen LogP contribution in [0.1, 0.15) is 36.5 Å². The van der Waals surface area contributed by atoms with Crippen LogP contribution < -0.4 is 5.32 Å². The van der Waals surface area contributed by atoms with Gasteiger partial charge >= 0.3 is 0 Å². The smallest absolute Gasteiger partial charge is 0.253 e. The third-order valence-electron chi connectivity index (χ3n) is 7.58. The van der Waals surface area contributed by atoms with Crippen molar-refractivity contribution in [3.63, 3.8) is 0 Å². The number of piperidine rings is 1. The summed E-state index contributed by atoms with van der Waals surface area (Å²) in [5, 5.41) is 17.0. The summed E-state index contributed by atoms with van der Waals surface area (Å²) in [5.74, 6) is 0.401. The van der Waals surface area contributed by atoms with Crippen LogP contribution in [0, 0.1) is 11.3 Å². The van der Waals surface area contributed by atoms with E-state index in [0.29, 0.717) is 30.3 Å². The van der Waals surface area contributed by atoms with Crippen molar-refractivity contribution in [2.75, 3.05) is 44.4 Å². The summed E-state index contributed by atoms with van der Waals surface area (Å²) in [4.78, 5) is 23.6. The number of benzene rings is 1. The molecule has 2 saturated heterocycles. The molecule has 2 aliphatic rings. The van der Waals surface area contributed by atoms with Crippen molar-refractivity contribution in [3.05, 3.63) is 54.5 Å². The molecule has 210 valence electrons. The molecular formula is C27H32N8O4S. The molecule has 3 aromatic rings. The molecule has 0 bridgehead atoms. The van der Waals surface area contributed by atoms with Crippen LogP contribution in [0.15, 0.2) is 48.9 Å². The van der Waals surface area contributed by atoms with Gasteiger partial charge in [-0.05, 0) is 50.1 Å². The molecule has 2 aliphatic heterocycles. The van der Waals surface area contributed by atoms with E-state index in [4.69, 9.17) is 4.74 Å². The lowest BCUT2D eigenvalue weighted by molar-refractivity contribution is 0.0351. The van der Waals surface area contributed by atoms with Crippen LogP contribution >= 0.6 is 0 Å². The molecule has 1 N–H and O–H groups in total. The highest BCUT2D eigenvalue weighted by molar-refractivity contribution is 7.89. The van der Waals surface area contributed by atoms with Crippen LogP contribution in [0.3, 0.4) is 0 Å². The first-order valence-corrected chi connectivity index (χ1v) is 14.8. The molecule has 1 aromatic carbocycles. The Hall–Kier alpha value is -3.86. The van der Waals surface area contributed by atoms with Gasteiger partial charge in [0.25, 0.3) is 5.91 Å². The number of hydrogen-bond donors (Lipinski definition) is 1. The van der Waals surface area contributed by atoms with Gasteiger partial charge in [0.2, 0.25) is 16.0 Å². The fraction of sp³-hybridized carbons (Fsp3) is 0.444. The second kappa shape index (κ2) is 11.3.